The van der Waals surface area contributed by atoms with E-state index in [0.29, 0.717) is 6.54 Å². The number of aryl methyl sites for hydroxylation is 2. The molecule has 1 saturated heterocycles. The smallest absolute Gasteiger partial charge is 0.407 e. The summed E-state index contributed by atoms with van der Waals surface area (Å²) >= 11 is 0. The Bertz CT molecular complexity index is 821. The van der Waals surface area contributed by atoms with Gasteiger partial charge >= 0.3 is 6.09 Å². The van der Waals surface area contributed by atoms with Gasteiger partial charge in [0.2, 0.25) is 0 Å². The lowest BCUT2D eigenvalue weighted by Crippen LogP contribution is -2.42. The SMILES string of the molecule is Cc1nc2c(N3CCC[C@H]3CNC(=O)OC(C)(C)C)c(N)ccc2n1C. The molecule has 2 aromatic rings. The molecule has 26 heavy (non-hydrogen) atoms. The normalized spacial score (nSPS) is 17.7. The van der Waals surface area contributed by atoms with Crippen LogP contribution in [0.25, 0.3) is 11.0 Å². The van der Waals surface area contributed by atoms with Gasteiger partial charge in [-0.2, -0.15) is 0 Å². The molecule has 1 aromatic heterocycles. The third-order valence-corrected chi connectivity index (χ3v) is 4.83. The first-order chi connectivity index (χ1) is 12.2. The van der Waals surface area contributed by atoms with E-state index >= 15 is 0 Å². The minimum atomic E-state index is -0.499. The summed E-state index contributed by atoms with van der Waals surface area (Å²) in [6, 6.07) is 4.13. The van der Waals surface area contributed by atoms with Gasteiger partial charge in [-0.3, -0.25) is 0 Å². The largest absolute Gasteiger partial charge is 0.444 e. The number of anilines is 2. The van der Waals surface area contributed by atoms with E-state index in [-0.39, 0.29) is 12.1 Å². The van der Waals surface area contributed by atoms with Gasteiger partial charge in [0.05, 0.1) is 16.9 Å². The molecule has 1 fully saturated rings. The molecule has 0 saturated carbocycles. The number of fused-ring (bicyclic) bond motifs is 1. The van der Waals surface area contributed by atoms with Crippen molar-refractivity contribution in [1.82, 2.24) is 14.9 Å². The standard InChI is InChI=1S/C19H29N5O2/c1-12-22-16-15(23(12)5)9-8-14(20)17(16)24-10-6-7-13(24)11-21-18(25)26-19(2,3)4/h8-9,13H,6-7,10-11,20H2,1-5H3,(H,21,25)/t13-/m0/s1. The zero-order valence-electron chi connectivity index (χ0n) is 16.3. The summed E-state index contributed by atoms with van der Waals surface area (Å²) in [6.45, 7) is 9.00. The number of hydrogen-bond acceptors (Lipinski definition) is 5. The van der Waals surface area contributed by atoms with E-state index in [1.165, 1.54) is 0 Å². The van der Waals surface area contributed by atoms with Crippen molar-refractivity contribution >= 4 is 28.5 Å². The second kappa shape index (κ2) is 6.70. The molecule has 0 radical (unpaired) electrons. The summed E-state index contributed by atoms with van der Waals surface area (Å²) in [7, 11) is 2.01. The van der Waals surface area contributed by atoms with Crippen molar-refractivity contribution in [1.29, 1.82) is 0 Å². The van der Waals surface area contributed by atoms with Gasteiger partial charge in [-0.25, -0.2) is 9.78 Å². The number of carbonyl (C=O) groups is 1. The van der Waals surface area contributed by atoms with E-state index in [9.17, 15) is 4.79 Å². The first kappa shape index (κ1) is 18.4. The molecule has 1 amide bonds. The number of imidazole rings is 1. The molecule has 1 atom stereocenters. The summed E-state index contributed by atoms with van der Waals surface area (Å²) in [5.74, 6) is 0.953. The van der Waals surface area contributed by atoms with Gasteiger partial charge in [-0.15, -0.1) is 0 Å². The number of rotatable bonds is 3. The Morgan fingerprint density at radius 2 is 2.15 bits per heavy atom. The number of nitrogen functional groups attached to an aromatic ring is 1. The second-order valence-corrected chi connectivity index (χ2v) is 7.96. The maximum atomic E-state index is 12.0. The number of amides is 1. The molecule has 2 heterocycles. The van der Waals surface area contributed by atoms with Crippen molar-refractivity contribution in [2.75, 3.05) is 23.7 Å². The van der Waals surface area contributed by atoms with E-state index in [4.69, 9.17) is 15.5 Å². The van der Waals surface area contributed by atoms with E-state index in [0.717, 1.165) is 47.6 Å². The Hall–Kier alpha value is -2.44. The average molecular weight is 359 g/mol. The van der Waals surface area contributed by atoms with Crippen LogP contribution in [0, 0.1) is 6.92 Å². The van der Waals surface area contributed by atoms with Gasteiger partial charge in [0.15, 0.2) is 0 Å². The van der Waals surface area contributed by atoms with Crippen LogP contribution in [-0.2, 0) is 11.8 Å². The maximum Gasteiger partial charge on any atom is 0.407 e. The van der Waals surface area contributed by atoms with Gasteiger partial charge in [0.1, 0.15) is 16.9 Å². The number of ether oxygens (including phenoxy) is 1. The zero-order valence-corrected chi connectivity index (χ0v) is 16.3. The van der Waals surface area contributed by atoms with Gasteiger partial charge in [-0.1, -0.05) is 0 Å². The number of nitrogens with two attached hydrogens (primary N) is 1. The van der Waals surface area contributed by atoms with Crippen LogP contribution in [0.15, 0.2) is 12.1 Å². The van der Waals surface area contributed by atoms with Crippen LogP contribution < -0.4 is 16.0 Å². The number of aromatic nitrogens is 2. The second-order valence-electron chi connectivity index (χ2n) is 7.96. The van der Waals surface area contributed by atoms with E-state index in [2.05, 4.69) is 14.8 Å². The average Bonchev–Trinajstić information content (AvgIpc) is 3.09. The highest BCUT2D eigenvalue weighted by Crippen LogP contribution is 2.36. The van der Waals surface area contributed by atoms with Crippen LogP contribution in [-0.4, -0.2) is 40.4 Å². The minimum absolute atomic E-state index is 0.178. The molecule has 1 aromatic carbocycles. The van der Waals surface area contributed by atoms with Crippen LogP contribution in [0.2, 0.25) is 0 Å². The van der Waals surface area contributed by atoms with Crippen molar-refractivity contribution in [2.45, 2.75) is 52.2 Å². The molecule has 0 aliphatic carbocycles. The van der Waals surface area contributed by atoms with Crippen LogP contribution >= 0.6 is 0 Å². The molecule has 1 aliphatic rings. The third-order valence-electron chi connectivity index (χ3n) is 4.83. The number of nitrogens with zero attached hydrogens (tertiary/aromatic N) is 3. The summed E-state index contributed by atoms with van der Waals surface area (Å²) in [5, 5.41) is 2.90. The number of alkyl carbamates (subject to hydrolysis) is 1. The molecule has 3 N–H and O–H groups in total. The predicted octanol–water partition coefficient (Wildman–Crippen LogP) is 2.96. The van der Waals surface area contributed by atoms with Gasteiger partial charge in [-0.05, 0) is 52.7 Å². The zero-order chi connectivity index (χ0) is 19.1. The topological polar surface area (TPSA) is 85.4 Å². The quantitative estimate of drug-likeness (QED) is 0.823. The maximum absolute atomic E-state index is 12.0. The molecule has 7 nitrogen and oxygen atoms in total. The first-order valence-corrected chi connectivity index (χ1v) is 9.12. The molecule has 0 spiro atoms. The molecule has 7 heteroatoms. The monoisotopic (exact) mass is 359 g/mol. The summed E-state index contributed by atoms with van der Waals surface area (Å²) in [4.78, 5) is 19.0. The molecule has 3 rings (SSSR count). The summed E-state index contributed by atoms with van der Waals surface area (Å²) < 4.78 is 7.41. The van der Waals surface area contributed by atoms with Crippen LogP contribution in [0.5, 0.6) is 0 Å². The fourth-order valence-electron chi connectivity index (χ4n) is 3.54. The Kier molecular flexibility index (Phi) is 4.73. The number of benzene rings is 1. The van der Waals surface area contributed by atoms with E-state index < -0.39 is 5.60 Å². The van der Waals surface area contributed by atoms with Crippen molar-refractivity contribution in [3.05, 3.63) is 18.0 Å². The molecule has 0 unspecified atom stereocenters. The van der Waals surface area contributed by atoms with E-state index in [1.54, 1.807) is 0 Å². The number of nitrogens with one attached hydrogen (secondary N) is 1. The van der Waals surface area contributed by atoms with Gasteiger partial charge in [0, 0.05) is 26.2 Å². The number of hydrogen-bond donors (Lipinski definition) is 2. The van der Waals surface area contributed by atoms with Crippen molar-refractivity contribution in [2.24, 2.45) is 7.05 Å². The van der Waals surface area contributed by atoms with E-state index in [1.807, 2.05) is 46.9 Å². The Morgan fingerprint density at radius 1 is 1.42 bits per heavy atom. The Labute approximate surface area is 154 Å². The molecule has 0 bridgehead atoms. The highest BCUT2D eigenvalue weighted by molar-refractivity contribution is 5.96. The lowest BCUT2D eigenvalue weighted by Gasteiger charge is -2.29. The third kappa shape index (κ3) is 3.57. The van der Waals surface area contributed by atoms with Crippen molar-refractivity contribution in [3.8, 4) is 0 Å². The van der Waals surface area contributed by atoms with Gasteiger partial charge in [0.25, 0.3) is 0 Å². The summed E-state index contributed by atoms with van der Waals surface area (Å²) in [6.07, 6.45) is 1.67. The molecular formula is C19H29N5O2. The molecule has 142 valence electrons. The molecule has 1 aliphatic heterocycles. The predicted molar refractivity (Wildman–Crippen MR) is 104 cm³/mol. The lowest BCUT2D eigenvalue weighted by atomic mass is 10.1. The van der Waals surface area contributed by atoms with Crippen LogP contribution in [0.4, 0.5) is 16.2 Å². The fourth-order valence-corrected chi connectivity index (χ4v) is 3.54. The minimum Gasteiger partial charge on any atom is -0.444 e. The lowest BCUT2D eigenvalue weighted by molar-refractivity contribution is 0.0525. The highest BCUT2D eigenvalue weighted by Gasteiger charge is 2.29. The fraction of sp³-hybridized carbons (Fsp3) is 0.579. The van der Waals surface area contributed by atoms with Crippen molar-refractivity contribution < 1.29 is 9.53 Å². The summed E-state index contributed by atoms with van der Waals surface area (Å²) in [5.41, 5.74) is 9.51. The van der Waals surface area contributed by atoms with Crippen LogP contribution in [0.3, 0.4) is 0 Å². The number of carbonyl (C=O) groups excluding carboxylic acids is 1. The molecular weight excluding hydrogens is 330 g/mol. The first-order valence-electron chi connectivity index (χ1n) is 9.12. The van der Waals surface area contributed by atoms with Crippen molar-refractivity contribution in [3.63, 3.8) is 0 Å². The van der Waals surface area contributed by atoms with Gasteiger partial charge < -0.3 is 25.3 Å². The highest BCUT2D eigenvalue weighted by atomic mass is 16.6. The van der Waals surface area contributed by atoms with Crippen LogP contribution in [0.1, 0.15) is 39.4 Å². The Morgan fingerprint density at radius 3 is 2.85 bits per heavy atom. The Balaban J connectivity index is 1.82.